The summed E-state index contributed by atoms with van der Waals surface area (Å²) in [7, 11) is -2.12. The van der Waals surface area contributed by atoms with E-state index in [2.05, 4.69) is 15.4 Å². The van der Waals surface area contributed by atoms with Crippen LogP contribution in [0.4, 0.5) is 5.69 Å². The van der Waals surface area contributed by atoms with Gasteiger partial charge in [0.15, 0.2) is 0 Å². The van der Waals surface area contributed by atoms with Crippen molar-refractivity contribution in [3.8, 4) is 0 Å². The van der Waals surface area contributed by atoms with E-state index in [0.717, 1.165) is 30.4 Å². The van der Waals surface area contributed by atoms with Crippen LogP contribution in [-0.4, -0.2) is 33.8 Å². The first-order chi connectivity index (χ1) is 14.2. The molecule has 3 rings (SSSR count). The van der Waals surface area contributed by atoms with Crippen molar-refractivity contribution in [2.75, 3.05) is 18.3 Å². The SMILES string of the molecule is CNC(=O)C1(CNC(=O)c2ccc(NS(=O)(=O)c3ccc(C)c(C)c3)cc2)CCC1. The van der Waals surface area contributed by atoms with Gasteiger partial charge in [-0.25, -0.2) is 8.42 Å². The molecule has 0 radical (unpaired) electrons. The second-order valence-electron chi connectivity index (χ2n) is 7.82. The number of carbonyl (C=O) groups is 2. The minimum atomic E-state index is -3.72. The van der Waals surface area contributed by atoms with Crippen molar-refractivity contribution in [1.29, 1.82) is 0 Å². The van der Waals surface area contributed by atoms with E-state index in [9.17, 15) is 18.0 Å². The predicted octanol–water partition coefficient (Wildman–Crippen LogP) is 2.75. The molecular formula is C22H27N3O4S. The molecule has 7 nitrogen and oxygen atoms in total. The third-order valence-corrected chi connectivity index (χ3v) is 7.17. The number of aryl methyl sites for hydroxylation is 2. The Labute approximate surface area is 177 Å². The molecule has 0 spiro atoms. The van der Waals surface area contributed by atoms with E-state index in [1.165, 1.54) is 0 Å². The van der Waals surface area contributed by atoms with Gasteiger partial charge in [-0.15, -0.1) is 0 Å². The number of hydrogen-bond donors (Lipinski definition) is 3. The number of rotatable bonds is 7. The normalized spacial score (nSPS) is 15.0. The molecule has 2 amide bonds. The number of benzene rings is 2. The Morgan fingerprint density at radius 3 is 2.20 bits per heavy atom. The lowest BCUT2D eigenvalue weighted by Crippen LogP contribution is -2.51. The largest absolute Gasteiger partial charge is 0.359 e. The number of carbonyl (C=O) groups excluding carboxylic acids is 2. The first kappa shape index (κ1) is 21.8. The van der Waals surface area contributed by atoms with Crippen LogP contribution in [0.2, 0.25) is 0 Å². The molecule has 0 aromatic heterocycles. The molecule has 0 unspecified atom stereocenters. The number of sulfonamides is 1. The van der Waals surface area contributed by atoms with Crippen LogP contribution in [0.3, 0.4) is 0 Å². The Bertz CT molecular complexity index is 1060. The summed E-state index contributed by atoms with van der Waals surface area (Å²) in [6.07, 6.45) is 2.48. The van der Waals surface area contributed by atoms with Crippen LogP contribution in [0.15, 0.2) is 47.4 Å². The van der Waals surface area contributed by atoms with Gasteiger partial charge >= 0.3 is 0 Å². The molecule has 0 aliphatic heterocycles. The fraction of sp³-hybridized carbons (Fsp3) is 0.364. The maximum atomic E-state index is 12.6. The Morgan fingerprint density at radius 1 is 1.00 bits per heavy atom. The highest BCUT2D eigenvalue weighted by molar-refractivity contribution is 7.92. The summed E-state index contributed by atoms with van der Waals surface area (Å²) in [6, 6.07) is 11.2. The van der Waals surface area contributed by atoms with Gasteiger partial charge in [0.2, 0.25) is 5.91 Å². The molecule has 1 fully saturated rings. The Kier molecular flexibility index (Phi) is 6.17. The standard InChI is InChI=1S/C22H27N3O4S/c1-15-5-10-19(13-16(15)2)30(28,29)25-18-8-6-17(7-9-18)20(26)24-14-22(11-4-12-22)21(27)23-3/h5-10,13,25H,4,11-12,14H2,1-3H3,(H,23,27)(H,24,26). The number of hydrogen-bond acceptors (Lipinski definition) is 4. The van der Waals surface area contributed by atoms with Crippen LogP contribution in [-0.2, 0) is 14.8 Å². The maximum Gasteiger partial charge on any atom is 0.261 e. The molecule has 3 N–H and O–H groups in total. The van der Waals surface area contributed by atoms with Crippen LogP contribution >= 0.6 is 0 Å². The van der Waals surface area contributed by atoms with Gasteiger partial charge < -0.3 is 10.6 Å². The molecule has 0 atom stereocenters. The van der Waals surface area contributed by atoms with Crippen LogP contribution in [0, 0.1) is 19.3 Å². The average molecular weight is 430 g/mol. The molecule has 160 valence electrons. The predicted molar refractivity (Wildman–Crippen MR) is 116 cm³/mol. The Morgan fingerprint density at radius 2 is 1.67 bits per heavy atom. The van der Waals surface area contributed by atoms with E-state index < -0.39 is 15.4 Å². The van der Waals surface area contributed by atoms with Gasteiger partial charge in [-0.1, -0.05) is 12.5 Å². The fourth-order valence-electron chi connectivity index (χ4n) is 3.49. The highest BCUT2D eigenvalue weighted by atomic mass is 32.2. The molecule has 0 heterocycles. The average Bonchev–Trinajstić information content (AvgIpc) is 2.69. The van der Waals surface area contributed by atoms with Crippen LogP contribution < -0.4 is 15.4 Å². The van der Waals surface area contributed by atoms with Gasteiger partial charge in [-0.05, 0) is 74.2 Å². The molecule has 0 bridgehead atoms. The minimum absolute atomic E-state index is 0.0508. The zero-order valence-corrected chi connectivity index (χ0v) is 18.2. The van der Waals surface area contributed by atoms with Gasteiger partial charge in [0.1, 0.15) is 0 Å². The highest BCUT2D eigenvalue weighted by Gasteiger charge is 2.43. The van der Waals surface area contributed by atoms with Crippen LogP contribution in [0.25, 0.3) is 0 Å². The van der Waals surface area contributed by atoms with Crippen LogP contribution in [0.5, 0.6) is 0 Å². The zero-order chi connectivity index (χ0) is 21.9. The second kappa shape index (κ2) is 8.47. The molecular weight excluding hydrogens is 402 g/mol. The van der Waals surface area contributed by atoms with Crippen molar-refractivity contribution in [2.45, 2.75) is 38.0 Å². The van der Waals surface area contributed by atoms with E-state index in [0.29, 0.717) is 11.3 Å². The van der Waals surface area contributed by atoms with E-state index in [1.54, 1.807) is 49.5 Å². The van der Waals surface area contributed by atoms with E-state index >= 15 is 0 Å². The molecule has 1 saturated carbocycles. The van der Waals surface area contributed by atoms with Crippen molar-refractivity contribution in [3.63, 3.8) is 0 Å². The molecule has 1 aliphatic carbocycles. The Hall–Kier alpha value is -2.87. The second-order valence-corrected chi connectivity index (χ2v) is 9.51. The molecule has 2 aromatic rings. The van der Waals surface area contributed by atoms with E-state index in [1.807, 2.05) is 13.8 Å². The monoisotopic (exact) mass is 429 g/mol. The van der Waals surface area contributed by atoms with Crippen molar-refractivity contribution in [2.24, 2.45) is 5.41 Å². The smallest absolute Gasteiger partial charge is 0.261 e. The zero-order valence-electron chi connectivity index (χ0n) is 17.4. The van der Waals surface area contributed by atoms with E-state index in [4.69, 9.17) is 0 Å². The van der Waals surface area contributed by atoms with Crippen LogP contribution in [0.1, 0.15) is 40.7 Å². The van der Waals surface area contributed by atoms with Gasteiger partial charge in [0, 0.05) is 24.8 Å². The highest BCUT2D eigenvalue weighted by Crippen LogP contribution is 2.40. The lowest BCUT2D eigenvalue weighted by molar-refractivity contribution is -0.134. The quantitative estimate of drug-likeness (QED) is 0.629. The summed E-state index contributed by atoms with van der Waals surface area (Å²) in [6.45, 7) is 4.07. The molecule has 1 aliphatic rings. The van der Waals surface area contributed by atoms with Gasteiger partial charge in [0.25, 0.3) is 15.9 Å². The number of amides is 2. The fourth-order valence-corrected chi connectivity index (χ4v) is 4.63. The minimum Gasteiger partial charge on any atom is -0.359 e. The summed E-state index contributed by atoms with van der Waals surface area (Å²) >= 11 is 0. The third-order valence-electron chi connectivity index (χ3n) is 5.79. The summed E-state index contributed by atoms with van der Waals surface area (Å²) in [5, 5.41) is 5.49. The van der Waals surface area contributed by atoms with E-state index in [-0.39, 0.29) is 23.3 Å². The maximum absolute atomic E-state index is 12.6. The molecule has 30 heavy (non-hydrogen) atoms. The molecule has 0 saturated heterocycles. The number of anilines is 1. The molecule has 2 aromatic carbocycles. The number of nitrogens with one attached hydrogen (secondary N) is 3. The van der Waals surface area contributed by atoms with Crippen molar-refractivity contribution in [1.82, 2.24) is 10.6 Å². The summed E-state index contributed by atoms with van der Waals surface area (Å²) in [5.74, 6) is -0.348. The summed E-state index contributed by atoms with van der Waals surface area (Å²) in [4.78, 5) is 24.7. The van der Waals surface area contributed by atoms with Gasteiger partial charge in [-0.3, -0.25) is 14.3 Å². The first-order valence-corrected chi connectivity index (χ1v) is 11.4. The van der Waals surface area contributed by atoms with Crippen molar-refractivity contribution >= 4 is 27.5 Å². The summed E-state index contributed by atoms with van der Waals surface area (Å²) < 4.78 is 27.7. The van der Waals surface area contributed by atoms with Crippen molar-refractivity contribution < 1.29 is 18.0 Å². The molecule has 8 heteroatoms. The lowest BCUT2D eigenvalue weighted by Gasteiger charge is -2.39. The third kappa shape index (κ3) is 4.48. The lowest BCUT2D eigenvalue weighted by atomic mass is 9.68. The van der Waals surface area contributed by atoms with Gasteiger partial charge in [-0.2, -0.15) is 0 Å². The topological polar surface area (TPSA) is 104 Å². The Balaban J connectivity index is 1.65. The van der Waals surface area contributed by atoms with Gasteiger partial charge in [0.05, 0.1) is 10.3 Å². The van der Waals surface area contributed by atoms with Crippen molar-refractivity contribution in [3.05, 3.63) is 59.2 Å². The summed E-state index contributed by atoms with van der Waals surface area (Å²) in [5.41, 5.74) is 2.16. The first-order valence-electron chi connectivity index (χ1n) is 9.87.